The molecule has 1 aromatic rings. The van der Waals surface area contributed by atoms with Gasteiger partial charge in [0.1, 0.15) is 5.82 Å². The lowest BCUT2D eigenvalue weighted by Gasteiger charge is -2.29. The third-order valence-corrected chi connectivity index (χ3v) is 4.10. The molecule has 0 saturated carbocycles. The number of rotatable bonds is 4. The molecule has 0 aliphatic heterocycles. The van der Waals surface area contributed by atoms with E-state index in [0.29, 0.717) is 12.0 Å². The summed E-state index contributed by atoms with van der Waals surface area (Å²) in [4.78, 5) is 11.4. The Bertz CT molecular complexity index is 431. The molecule has 0 aromatic heterocycles. The van der Waals surface area contributed by atoms with Crippen molar-refractivity contribution in [1.29, 1.82) is 0 Å². The topological polar surface area (TPSA) is 37.3 Å². The summed E-state index contributed by atoms with van der Waals surface area (Å²) in [5.41, 5.74) is -0.209. The molecule has 0 fully saturated rings. The van der Waals surface area contributed by atoms with Crippen LogP contribution in [0.25, 0.3) is 0 Å². The molecule has 1 N–H and O–H groups in total. The standard InChI is InChI=1S/C13H16BrFO2/c1-8(2)13(3,12(16)17)7-9-6-10(15)4-5-11(9)14/h4-6,8H,7H2,1-3H3,(H,16,17). The van der Waals surface area contributed by atoms with Crippen LogP contribution in [-0.4, -0.2) is 11.1 Å². The monoisotopic (exact) mass is 302 g/mol. The fourth-order valence-corrected chi connectivity index (χ4v) is 1.99. The first-order valence-corrected chi connectivity index (χ1v) is 6.24. The first-order valence-electron chi connectivity index (χ1n) is 5.44. The molecule has 0 bridgehead atoms. The van der Waals surface area contributed by atoms with E-state index in [2.05, 4.69) is 15.9 Å². The fourth-order valence-electron chi connectivity index (χ4n) is 1.60. The van der Waals surface area contributed by atoms with Gasteiger partial charge >= 0.3 is 5.97 Å². The minimum atomic E-state index is -0.893. The maximum atomic E-state index is 13.2. The number of carboxylic acid groups (broad SMARTS) is 1. The Balaban J connectivity index is 3.10. The Morgan fingerprint density at radius 2 is 2.12 bits per heavy atom. The van der Waals surface area contributed by atoms with Gasteiger partial charge < -0.3 is 5.11 Å². The van der Waals surface area contributed by atoms with Crippen LogP contribution in [0.5, 0.6) is 0 Å². The van der Waals surface area contributed by atoms with Gasteiger partial charge in [0, 0.05) is 4.47 Å². The predicted octanol–water partition coefficient (Wildman–Crippen LogP) is 3.88. The zero-order valence-electron chi connectivity index (χ0n) is 10.1. The highest BCUT2D eigenvalue weighted by molar-refractivity contribution is 9.10. The molecule has 0 aliphatic carbocycles. The SMILES string of the molecule is CC(C)C(C)(Cc1cc(F)ccc1Br)C(=O)O. The van der Waals surface area contributed by atoms with Gasteiger partial charge in [0.15, 0.2) is 0 Å². The highest BCUT2D eigenvalue weighted by atomic mass is 79.9. The molecule has 1 atom stereocenters. The van der Waals surface area contributed by atoms with E-state index >= 15 is 0 Å². The smallest absolute Gasteiger partial charge is 0.309 e. The van der Waals surface area contributed by atoms with Gasteiger partial charge in [0.05, 0.1) is 5.41 Å². The van der Waals surface area contributed by atoms with Crippen LogP contribution in [0.2, 0.25) is 0 Å². The minimum absolute atomic E-state index is 0.0323. The van der Waals surface area contributed by atoms with Gasteiger partial charge in [-0.05, 0) is 43.0 Å². The molecule has 0 heterocycles. The Morgan fingerprint density at radius 1 is 1.53 bits per heavy atom. The van der Waals surface area contributed by atoms with Crippen molar-refractivity contribution in [3.8, 4) is 0 Å². The molecule has 0 aliphatic rings. The second-order valence-electron chi connectivity index (χ2n) is 4.79. The average molecular weight is 303 g/mol. The van der Waals surface area contributed by atoms with Crippen LogP contribution in [0.1, 0.15) is 26.3 Å². The number of aliphatic carboxylic acids is 1. The van der Waals surface area contributed by atoms with Gasteiger partial charge in [0.2, 0.25) is 0 Å². The highest BCUT2D eigenvalue weighted by Gasteiger charge is 2.37. The van der Waals surface area contributed by atoms with Crippen molar-refractivity contribution >= 4 is 21.9 Å². The van der Waals surface area contributed by atoms with E-state index in [-0.39, 0.29) is 11.7 Å². The van der Waals surface area contributed by atoms with Crippen molar-refractivity contribution in [3.05, 3.63) is 34.1 Å². The van der Waals surface area contributed by atoms with E-state index in [9.17, 15) is 14.3 Å². The van der Waals surface area contributed by atoms with E-state index in [1.54, 1.807) is 13.0 Å². The molecule has 0 spiro atoms. The molecule has 1 rings (SSSR count). The average Bonchev–Trinajstić information content (AvgIpc) is 2.22. The summed E-state index contributed by atoms with van der Waals surface area (Å²) in [7, 11) is 0. The van der Waals surface area contributed by atoms with Crippen LogP contribution in [0, 0.1) is 17.2 Å². The van der Waals surface area contributed by atoms with Gasteiger partial charge in [-0.1, -0.05) is 29.8 Å². The molecule has 0 radical (unpaired) electrons. The van der Waals surface area contributed by atoms with E-state index in [4.69, 9.17) is 0 Å². The number of benzene rings is 1. The summed E-state index contributed by atoms with van der Waals surface area (Å²) >= 11 is 3.32. The molecular weight excluding hydrogens is 287 g/mol. The zero-order chi connectivity index (χ0) is 13.2. The van der Waals surface area contributed by atoms with Gasteiger partial charge in [-0.3, -0.25) is 4.79 Å². The maximum absolute atomic E-state index is 13.2. The Morgan fingerprint density at radius 3 is 2.59 bits per heavy atom. The van der Waals surface area contributed by atoms with Gasteiger partial charge in [-0.2, -0.15) is 0 Å². The molecule has 0 saturated heterocycles. The normalized spacial score (nSPS) is 14.7. The van der Waals surface area contributed by atoms with Gasteiger partial charge in [0.25, 0.3) is 0 Å². The number of carbonyl (C=O) groups is 1. The third kappa shape index (κ3) is 3.06. The summed E-state index contributed by atoms with van der Waals surface area (Å²) < 4.78 is 13.9. The van der Waals surface area contributed by atoms with E-state index in [1.165, 1.54) is 12.1 Å². The molecule has 0 amide bonds. The zero-order valence-corrected chi connectivity index (χ0v) is 11.7. The van der Waals surface area contributed by atoms with Gasteiger partial charge in [-0.15, -0.1) is 0 Å². The molecule has 1 unspecified atom stereocenters. The van der Waals surface area contributed by atoms with Crippen LogP contribution in [-0.2, 0) is 11.2 Å². The number of hydrogen-bond acceptors (Lipinski definition) is 1. The number of carboxylic acids is 1. The van der Waals surface area contributed by atoms with Crippen molar-refractivity contribution < 1.29 is 14.3 Å². The van der Waals surface area contributed by atoms with Crippen molar-refractivity contribution in [2.24, 2.45) is 11.3 Å². The van der Waals surface area contributed by atoms with Crippen molar-refractivity contribution in [1.82, 2.24) is 0 Å². The lowest BCUT2D eigenvalue weighted by atomic mass is 9.74. The Hall–Kier alpha value is -0.900. The first kappa shape index (κ1) is 14.2. The van der Waals surface area contributed by atoms with E-state index in [1.807, 2.05) is 13.8 Å². The molecular formula is C13H16BrFO2. The Kier molecular flexibility index (Phi) is 4.31. The number of halogens is 2. The molecule has 1 aromatic carbocycles. The lowest BCUT2D eigenvalue weighted by Crippen LogP contribution is -2.35. The summed E-state index contributed by atoms with van der Waals surface area (Å²) in [5.74, 6) is -1.24. The quantitative estimate of drug-likeness (QED) is 0.916. The molecule has 94 valence electrons. The summed E-state index contributed by atoms with van der Waals surface area (Å²) in [5, 5.41) is 9.32. The van der Waals surface area contributed by atoms with E-state index in [0.717, 1.165) is 4.47 Å². The van der Waals surface area contributed by atoms with Crippen LogP contribution in [0.15, 0.2) is 22.7 Å². The predicted molar refractivity (Wildman–Crippen MR) is 68.4 cm³/mol. The van der Waals surface area contributed by atoms with Gasteiger partial charge in [-0.25, -0.2) is 4.39 Å². The van der Waals surface area contributed by atoms with Crippen LogP contribution < -0.4 is 0 Å². The van der Waals surface area contributed by atoms with Crippen molar-refractivity contribution in [3.63, 3.8) is 0 Å². The number of hydrogen-bond donors (Lipinski definition) is 1. The molecule has 4 heteroatoms. The Labute approximate surface area is 109 Å². The molecule has 2 nitrogen and oxygen atoms in total. The minimum Gasteiger partial charge on any atom is -0.481 e. The summed E-state index contributed by atoms with van der Waals surface area (Å²) in [6.07, 6.45) is 0.304. The van der Waals surface area contributed by atoms with Crippen LogP contribution >= 0.6 is 15.9 Å². The largest absolute Gasteiger partial charge is 0.481 e. The van der Waals surface area contributed by atoms with Crippen molar-refractivity contribution in [2.45, 2.75) is 27.2 Å². The second-order valence-corrected chi connectivity index (χ2v) is 5.64. The van der Waals surface area contributed by atoms with Crippen LogP contribution in [0.4, 0.5) is 4.39 Å². The van der Waals surface area contributed by atoms with Crippen molar-refractivity contribution in [2.75, 3.05) is 0 Å². The summed E-state index contributed by atoms with van der Waals surface area (Å²) in [6, 6.07) is 4.34. The van der Waals surface area contributed by atoms with E-state index < -0.39 is 11.4 Å². The first-order chi connectivity index (χ1) is 7.77. The lowest BCUT2D eigenvalue weighted by molar-refractivity contribution is -0.150. The summed E-state index contributed by atoms with van der Waals surface area (Å²) in [6.45, 7) is 5.42. The second kappa shape index (κ2) is 5.17. The van der Waals surface area contributed by atoms with Crippen LogP contribution in [0.3, 0.4) is 0 Å². The maximum Gasteiger partial charge on any atom is 0.309 e. The fraction of sp³-hybridized carbons (Fsp3) is 0.462. The third-order valence-electron chi connectivity index (χ3n) is 3.33. The molecule has 17 heavy (non-hydrogen) atoms. The highest BCUT2D eigenvalue weighted by Crippen LogP contribution is 2.34.